The van der Waals surface area contributed by atoms with Gasteiger partial charge in [0, 0.05) is 10.6 Å². The number of carbonyl (C=O) groups excluding carboxylic acids is 1. The fourth-order valence-electron chi connectivity index (χ4n) is 1.12. The second-order valence-electron chi connectivity index (χ2n) is 3.13. The Bertz CT molecular complexity index is 438. The highest BCUT2D eigenvalue weighted by Crippen LogP contribution is 2.30. The van der Waals surface area contributed by atoms with Crippen LogP contribution < -0.4 is 4.74 Å². The van der Waals surface area contributed by atoms with E-state index in [-0.39, 0.29) is 0 Å². The van der Waals surface area contributed by atoms with Crippen LogP contribution in [0, 0.1) is 0 Å². The summed E-state index contributed by atoms with van der Waals surface area (Å²) in [5.41, 5.74) is 0.690. The third-order valence-corrected chi connectivity index (χ3v) is 2.52. The average Bonchev–Trinajstić information content (AvgIpc) is 2.21. The van der Waals surface area contributed by atoms with Gasteiger partial charge in [0.25, 0.3) is 3.79 Å². The van der Waals surface area contributed by atoms with Crippen LogP contribution in [0.25, 0.3) is 0 Å². The van der Waals surface area contributed by atoms with Crippen molar-refractivity contribution >= 4 is 52.4 Å². The third-order valence-electron chi connectivity index (χ3n) is 1.82. The lowest BCUT2D eigenvalue weighted by molar-refractivity contribution is -0.133. The molecule has 1 rings (SSSR count). The zero-order chi connectivity index (χ0) is 13.1. The first kappa shape index (κ1) is 14.7. The van der Waals surface area contributed by atoms with Gasteiger partial charge in [-0.1, -0.05) is 52.5 Å². The fraction of sp³-hybridized carbons (Fsp3) is 0.182. The molecule has 6 heteroatoms. The summed E-state index contributed by atoms with van der Waals surface area (Å²) in [5.74, 6) is -0.666. The first-order valence-electron chi connectivity index (χ1n) is 4.53. The van der Waals surface area contributed by atoms with Gasteiger partial charge in [-0.3, -0.25) is 0 Å². The zero-order valence-corrected chi connectivity index (χ0v) is 11.6. The first-order valence-corrected chi connectivity index (χ1v) is 6.04. The second kappa shape index (κ2) is 5.96. The van der Waals surface area contributed by atoms with E-state index < -0.39 is 9.76 Å². The van der Waals surface area contributed by atoms with E-state index in [1.54, 1.807) is 18.2 Å². The Labute approximate surface area is 119 Å². The summed E-state index contributed by atoms with van der Waals surface area (Å²) in [4.78, 5) is 11.4. The van der Waals surface area contributed by atoms with E-state index in [1.807, 2.05) is 0 Å². The summed E-state index contributed by atoms with van der Waals surface area (Å²) >= 11 is 22.0. The van der Waals surface area contributed by atoms with Gasteiger partial charge in [-0.05, 0) is 24.6 Å². The molecule has 0 bridgehead atoms. The average molecular weight is 314 g/mol. The van der Waals surface area contributed by atoms with Gasteiger partial charge in [0.15, 0.2) is 0 Å². The lowest BCUT2D eigenvalue weighted by Crippen LogP contribution is -2.25. The van der Waals surface area contributed by atoms with Gasteiger partial charge in [-0.25, -0.2) is 4.79 Å². The molecule has 0 saturated carbocycles. The second-order valence-corrected chi connectivity index (χ2v) is 5.85. The molecule has 2 nitrogen and oxygen atoms in total. The Morgan fingerprint density at radius 1 is 1.41 bits per heavy atom. The Hall–Kier alpha value is -0.410. The summed E-state index contributed by atoms with van der Waals surface area (Å²) < 4.78 is 2.87. The number of hydrogen-bond donors (Lipinski definition) is 0. The molecule has 0 atom stereocenters. The molecule has 0 aliphatic rings. The molecule has 92 valence electrons. The van der Waals surface area contributed by atoms with Gasteiger partial charge >= 0.3 is 5.97 Å². The molecule has 1 aromatic rings. The molecule has 0 aliphatic carbocycles. The lowest BCUT2D eigenvalue weighted by atomic mass is 10.1. The number of alkyl halides is 3. The SMILES string of the molecule is C=CCc1cc(Cl)ccc1OC(=O)C(Cl)(Cl)Cl. The summed E-state index contributed by atoms with van der Waals surface area (Å²) in [6.45, 7) is 3.59. The molecule has 0 saturated heterocycles. The predicted molar refractivity (Wildman–Crippen MR) is 71.3 cm³/mol. The molecule has 0 heterocycles. The van der Waals surface area contributed by atoms with E-state index in [0.717, 1.165) is 0 Å². The van der Waals surface area contributed by atoms with Crippen molar-refractivity contribution in [1.82, 2.24) is 0 Å². The van der Waals surface area contributed by atoms with Crippen LogP contribution in [0.15, 0.2) is 30.9 Å². The first-order chi connectivity index (χ1) is 7.84. The Kier molecular flexibility index (Phi) is 5.14. The van der Waals surface area contributed by atoms with E-state index in [4.69, 9.17) is 51.1 Å². The number of rotatable bonds is 3. The minimum Gasteiger partial charge on any atom is -0.423 e. The molecule has 0 amide bonds. The molecule has 0 aromatic heterocycles. The minimum atomic E-state index is -2.11. The number of carbonyl (C=O) groups is 1. The molecule has 1 aromatic carbocycles. The van der Waals surface area contributed by atoms with Crippen LogP contribution in [0.4, 0.5) is 0 Å². The number of hydrogen-bond acceptors (Lipinski definition) is 2. The highest BCUT2D eigenvalue weighted by atomic mass is 35.6. The Morgan fingerprint density at radius 2 is 2.06 bits per heavy atom. The summed E-state index contributed by atoms with van der Waals surface area (Å²) in [7, 11) is 0. The van der Waals surface area contributed by atoms with Gasteiger partial charge in [-0.2, -0.15) is 0 Å². The monoisotopic (exact) mass is 312 g/mol. The fourth-order valence-corrected chi connectivity index (χ4v) is 1.43. The molecule has 0 radical (unpaired) electrons. The zero-order valence-electron chi connectivity index (χ0n) is 8.55. The van der Waals surface area contributed by atoms with Gasteiger partial charge < -0.3 is 4.74 Å². The highest BCUT2D eigenvalue weighted by Gasteiger charge is 2.33. The number of halogens is 4. The van der Waals surface area contributed by atoms with E-state index in [0.29, 0.717) is 22.8 Å². The van der Waals surface area contributed by atoms with E-state index in [1.165, 1.54) is 6.07 Å². The largest absolute Gasteiger partial charge is 0.423 e. The third kappa shape index (κ3) is 4.40. The van der Waals surface area contributed by atoms with Gasteiger partial charge in [0.1, 0.15) is 5.75 Å². The van der Waals surface area contributed by atoms with Crippen molar-refractivity contribution in [3.05, 3.63) is 41.4 Å². The number of ether oxygens (including phenoxy) is 1. The van der Waals surface area contributed by atoms with Crippen molar-refractivity contribution < 1.29 is 9.53 Å². The van der Waals surface area contributed by atoms with Crippen LogP contribution >= 0.6 is 46.4 Å². The Morgan fingerprint density at radius 3 is 2.59 bits per heavy atom. The number of benzene rings is 1. The van der Waals surface area contributed by atoms with Crippen molar-refractivity contribution in [3.8, 4) is 5.75 Å². The van der Waals surface area contributed by atoms with Gasteiger partial charge in [0.2, 0.25) is 0 Å². The quantitative estimate of drug-likeness (QED) is 0.359. The molecular weight excluding hydrogens is 306 g/mol. The molecule has 0 spiro atoms. The van der Waals surface area contributed by atoms with Crippen LogP contribution in [0.2, 0.25) is 5.02 Å². The van der Waals surface area contributed by atoms with Crippen LogP contribution in [0.1, 0.15) is 5.56 Å². The minimum absolute atomic E-state index is 0.297. The van der Waals surface area contributed by atoms with Gasteiger partial charge in [-0.15, -0.1) is 6.58 Å². The van der Waals surface area contributed by atoms with Crippen LogP contribution in [0.3, 0.4) is 0 Å². The van der Waals surface area contributed by atoms with Crippen LogP contribution in [-0.4, -0.2) is 9.76 Å². The summed E-state index contributed by atoms with van der Waals surface area (Å²) in [5, 5.41) is 0.524. The number of allylic oxidation sites excluding steroid dienone is 1. The van der Waals surface area contributed by atoms with E-state index >= 15 is 0 Å². The van der Waals surface area contributed by atoms with Crippen molar-refractivity contribution in [1.29, 1.82) is 0 Å². The topological polar surface area (TPSA) is 26.3 Å². The standard InChI is InChI=1S/C11H8Cl4O2/c1-2-3-7-6-8(12)4-5-9(7)17-10(16)11(13,14)15/h2,4-6H,1,3H2. The van der Waals surface area contributed by atoms with Crippen molar-refractivity contribution in [2.45, 2.75) is 10.2 Å². The van der Waals surface area contributed by atoms with E-state index in [9.17, 15) is 4.79 Å². The molecule has 0 fully saturated rings. The summed E-state index contributed by atoms with van der Waals surface area (Å²) in [6.07, 6.45) is 2.14. The molecule has 17 heavy (non-hydrogen) atoms. The molecule has 0 aliphatic heterocycles. The maximum atomic E-state index is 11.4. The van der Waals surface area contributed by atoms with Crippen LogP contribution in [0.5, 0.6) is 5.75 Å². The van der Waals surface area contributed by atoms with Crippen molar-refractivity contribution in [2.24, 2.45) is 0 Å². The van der Waals surface area contributed by atoms with E-state index in [2.05, 4.69) is 6.58 Å². The molecule has 0 unspecified atom stereocenters. The number of esters is 1. The lowest BCUT2D eigenvalue weighted by Gasteiger charge is -2.13. The summed E-state index contributed by atoms with van der Waals surface area (Å²) in [6, 6.07) is 4.77. The molecular formula is C11H8Cl4O2. The maximum Gasteiger partial charge on any atom is 0.363 e. The Balaban J connectivity index is 2.98. The van der Waals surface area contributed by atoms with Crippen LogP contribution in [-0.2, 0) is 11.2 Å². The normalized spacial score (nSPS) is 11.1. The maximum absolute atomic E-state index is 11.4. The van der Waals surface area contributed by atoms with Crippen molar-refractivity contribution in [3.63, 3.8) is 0 Å². The molecule has 0 N–H and O–H groups in total. The van der Waals surface area contributed by atoms with Gasteiger partial charge in [0.05, 0.1) is 0 Å². The smallest absolute Gasteiger partial charge is 0.363 e. The predicted octanol–water partition coefficient (Wildman–Crippen LogP) is 4.34. The highest BCUT2D eigenvalue weighted by molar-refractivity contribution is 6.75. The van der Waals surface area contributed by atoms with Crippen molar-refractivity contribution in [2.75, 3.05) is 0 Å².